The van der Waals surface area contributed by atoms with Gasteiger partial charge in [-0.05, 0) is 6.42 Å². The fourth-order valence-corrected chi connectivity index (χ4v) is 1.71. The van der Waals surface area contributed by atoms with Crippen molar-refractivity contribution >= 4 is 18.0 Å². The summed E-state index contributed by atoms with van der Waals surface area (Å²) in [6, 6.07) is -1.23. The van der Waals surface area contributed by atoms with Gasteiger partial charge in [-0.3, -0.25) is 9.69 Å². The van der Waals surface area contributed by atoms with Gasteiger partial charge >= 0.3 is 12.1 Å². The summed E-state index contributed by atoms with van der Waals surface area (Å²) in [6.07, 6.45) is 2.11. The van der Waals surface area contributed by atoms with E-state index in [9.17, 15) is 14.4 Å². The zero-order valence-electron chi connectivity index (χ0n) is 13.0. The number of nitrogens with one attached hydrogen (secondary N) is 1. The molecule has 1 saturated heterocycles. The van der Waals surface area contributed by atoms with Crippen LogP contribution in [0.2, 0.25) is 0 Å². The number of imide groups is 2. The van der Waals surface area contributed by atoms with Crippen LogP contribution in [0.25, 0.3) is 0 Å². The topological polar surface area (TPSA) is 91.5 Å². The number of methoxy groups -OCH3 is 1. The van der Waals surface area contributed by atoms with Crippen molar-refractivity contribution in [1.82, 2.24) is 15.1 Å². The van der Waals surface area contributed by atoms with E-state index in [0.29, 0.717) is 19.6 Å². The van der Waals surface area contributed by atoms with E-state index in [-0.39, 0.29) is 25.8 Å². The van der Waals surface area contributed by atoms with Gasteiger partial charge in [0.15, 0.2) is 0 Å². The Labute approximate surface area is 130 Å². The molecule has 8 nitrogen and oxygen atoms in total. The Bertz CT molecular complexity index is 423. The van der Waals surface area contributed by atoms with Gasteiger partial charge in [0.1, 0.15) is 0 Å². The van der Waals surface area contributed by atoms with Gasteiger partial charge in [0.05, 0.1) is 32.4 Å². The van der Waals surface area contributed by atoms with Gasteiger partial charge in [0.25, 0.3) is 0 Å². The molecule has 22 heavy (non-hydrogen) atoms. The Morgan fingerprint density at radius 1 is 1.41 bits per heavy atom. The van der Waals surface area contributed by atoms with E-state index in [1.165, 1.54) is 14.0 Å². The zero-order chi connectivity index (χ0) is 16.5. The van der Waals surface area contributed by atoms with E-state index < -0.39 is 18.0 Å². The summed E-state index contributed by atoms with van der Waals surface area (Å²) < 4.78 is 9.95. The van der Waals surface area contributed by atoms with Crippen molar-refractivity contribution < 1.29 is 23.9 Å². The molecule has 0 aliphatic carbocycles. The van der Waals surface area contributed by atoms with E-state index in [4.69, 9.17) is 9.47 Å². The molecule has 1 aliphatic heterocycles. The fraction of sp³-hybridized carbons (Fsp3) is 0.643. The molecule has 0 spiro atoms. The molecule has 1 atom stereocenters. The van der Waals surface area contributed by atoms with Gasteiger partial charge in [-0.25, -0.2) is 14.5 Å². The highest BCUT2D eigenvalue weighted by molar-refractivity contribution is 6.01. The predicted octanol–water partition coefficient (Wildman–Crippen LogP) is 0.588. The van der Waals surface area contributed by atoms with Crippen LogP contribution in [0, 0.1) is 0 Å². The molecule has 5 amide bonds. The Balaban J connectivity index is 2.72. The Kier molecular flexibility index (Phi) is 7.55. The minimum absolute atomic E-state index is 0.0601. The average Bonchev–Trinajstić information content (AvgIpc) is 3.29. The van der Waals surface area contributed by atoms with Crippen LogP contribution in [-0.2, 0) is 14.3 Å². The molecule has 0 radical (unpaired) electrons. The lowest BCUT2D eigenvalue weighted by atomic mass is 10.4. The molecule has 1 heterocycles. The molecule has 8 heteroatoms. The molecule has 0 aromatic carbocycles. The number of nitrogens with zero attached hydrogens (tertiary/aromatic N) is 2. The van der Waals surface area contributed by atoms with Gasteiger partial charge in [-0.1, -0.05) is 6.08 Å². The van der Waals surface area contributed by atoms with E-state index in [1.807, 2.05) is 0 Å². The summed E-state index contributed by atoms with van der Waals surface area (Å²) in [4.78, 5) is 38.2. The molecule has 0 saturated carbocycles. The summed E-state index contributed by atoms with van der Waals surface area (Å²) in [5.74, 6) is -0.429. The van der Waals surface area contributed by atoms with E-state index in [2.05, 4.69) is 11.9 Å². The van der Waals surface area contributed by atoms with Gasteiger partial charge in [-0.15, -0.1) is 6.58 Å². The maximum absolute atomic E-state index is 12.5. The number of hydrogen-bond donors (Lipinski definition) is 1. The van der Waals surface area contributed by atoms with Gasteiger partial charge < -0.3 is 14.8 Å². The monoisotopic (exact) mass is 313 g/mol. The van der Waals surface area contributed by atoms with Crippen molar-refractivity contribution in [3.05, 3.63) is 12.7 Å². The quantitative estimate of drug-likeness (QED) is 0.402. The third kappa shape index (κ3) is 5.82. The second-order valence-corrected chi connectivity index (χ2v) is 4.82. The fourth-order valence-electron chi connectivity index (χ4n) is 1.71. The summed E-state index contributed by atoms with van der Waals surface area (Å²) in [6.45, 7) is 6.12. The van der Waals surface area contributed by atoms with Crippen LogP contribution in [-0.4, -0.2) is 73.8 Å². The zero-order valence-corrected chi connectivity index (χ0v) is 13.0. The summed E-state index contributed by atoms with van der Waals surface area (Å²) in [7, 11) is 1.47. The summed E-state index contributed by atoms with van der Waals surface area (Å²) in [5, 5.41) is 2.61. The normalized spacial score (nSPS) is 15.8. The van der Waals surface area contributed by atoms with Crippen molar-refractivity contribution in [3.8, 4) is 0 Å². The first-order valence-corrected chi connectivity index (χ1v) is 7.10. The standard InChI is InChI=1S/C14H23N3O5/c1-4-5-6-15-13(19)16(7-8-21-3)14(20)17(11(2)18)9-12-10-22-12/h4,12H,1,5-10H2,2-3H3,(H,15,19). The number of hydrogen-bond acceptors (Lipinski definition) is 5. The number of carbonyl (C=O) groups excluding carboxylic acids is 3. The van der Waals surface area contributed by atoms with Crippen molar-refractivity contribution in [2.75, 3.05) is 40.0 Å². The number of rotatable bonds is 8. The first kappa shape index (κ1) is 18.1. The molecule has 0 aromatic heterocycles. The molecular formula is C14H23N3O5. The number of amides is 5. The van der Waals surface area contributed by atoms with Crippen LogP contribution in [0.1, 0.15) is 13.3 Å². The number of urea groups is 2. The lowest BCUT2D eigenvalue weighted by Gasteiger charge is -2.27. The third-order valence-electron chi connectivity index (χ3n) is 3.02. The molecule has 1 rings (SSSR count). The number of ether oxygens (including phenoxy) is 2. The van der Waals surface area contributed by atoms with Crippen LogP contribution >= 0.6 is 0 Å². The van der Waals surface area contributed by atoms with Crippen molar-refractivity contribution in [3.63, 3.8) is 0 Å². The highest BCUT2D eigenvalue weighted by Gasteiger charge is 2.34. The molecular weight excluding hydrogens is 290 g/mol. The maximum Gasteiger partial charge on any atom is 0.334 e. The van der Waals surface area contributed by atoms with Crippen molar-refractivity contribution in [2.45, 2.75) is 19.4 Å². The lowest BCUT2D eigenvalue weighted by Crippen LogP contribution is -2.53. The van der Waals surface area contributed by atoms with E-state index in [0.717, 1.165) is 9.80 Å². The van der Waals surface area contributed by atoms with Crippen LogP contribution < -0.4 is 5.32 Å². The van der Waals surface area contributed by atoms with E-state index >= 15 is 0 Å². The highest BCUT2D eigenvalue weighted by Crippen LogP contribution is 2.13. The molecule has 124 valence electrons. The summed E-state index contributed by atoms with van der Waals surface area (Å²) >= 11 is 0. The first-order chi connectivity index (χ1) is 10.5. The van der Waals surface area contributed by atoms with Gasteiger partial charge in [0.2, 0.25) is 5.91 Å². The molecule has 1 N–H and O–H groups in total. The summed E-state index contributed by atoms with van der Waals surface area (Å²) in [5.41, 5.74) is 0. The smallest absolute Gasteiger partial charge is 0.334 e. The molecule has 1 fully saturated rings. The average molecular weight is 313 g/mol. The molecule has 0 bridgehead atoms. The minimum atomic E-state index is -0.670. The Morgan fingerprint density at radius 3 is 2.59 bits per heavy atom. The van der Waals surface area contributed by atoms with Gasteiger partial charge in [0, 0.05) is 20.6 Å². The number of carbonyl (C=O) groups is 3. The second-order valence-electron chi connectivity index (χ2n) is 4.82. The predicted molar refractivity (Wildman–Crippen MR) is 79.3 cm³/mol. The largest absolute Gasteiger partial charge is 0.383 e. The second kappa shape index (κ2) is 9.16. The molecule has 1 aliphatic rings. The third-order valence-corrected chi connectivity index (χ3v) is 3.02. The lowest BCUT2D eigenvalue weighted by molar-refractivity contribution is -0.126. The SMILES string of the molecule is C=CCCNC(=O)N(CCOC)C(=O)N(CC1CO1)C(C)=O. The van der Waals surface area contributed by atoms with Crippen molar-refractivity contribution in [1.29, 1.82) is 0 Å². The van der Waals surface area contributed by atoms with Crippen LogP contribution in [0.4, 0.5) is 9.59 Å². The highest BCUT2D eigenvalue weighted by atomic mass is 16.6. The van der Waals surface area contributed by atoms with E-state index in [1.54, 1.807) is 6.08 Å². The maximum atomic E-state index is 12.5. The Morgan fingerprint density at radius 2 is 2.09 bits per heavy atom. The first-order valence-electron chi connectivity index (χ1n) is 7.10. The van der Waals surface area contributed by atoms with Crippen LogP contribution in [0.5, 0.6) is 0 Å². The van der Waals surface area contributed by atoms with Crippen LogP contribution in [0.3, 0.4) is 0 Å². The number of epoxide rings is 1. The van der Waals surface area contributed by atoms with Gasteiger partial charge in [-0.2, -0.15) is 0 Å². The Hall–Kier alpha value is -1.93. The minimum Gasteiger partial charge on any atom is -0.383 e. The molecule has 0 aromatic rings. The van der Waals surface area contributed by atoms with Crippen LogP contribution in [0.15, 0.2) is 12.7 Å². The molecule has 1 unspecified atom stereocenters. The van der Waals surface area contributed by atoms with Crippen molar-refractivity contribution in [2.24, 2.45) is 0 Å².